The minimum atomic E-state index is -0.440. The lowest BCUT2D eigenvalue weighted by Gasteiger charge is -2.51. The molecule has 1 aromatic carbocycles. The number of hydrogen-bond acceptors (Lipinski definition) is 5. The summed E-state index contributed by atoms with van der Waals surface area (Å²) in [5.74, 6) is 0.807. The molecule has 3 aliphatic carbocycles. The van der Waals surface area contributed by atoms with Crippen molar-refractivity contribution in [3.63, 3.8) is 0 Å². The maximum absolute atomic E-state index is 13.1. The third-order valence-electron chi connectivity index (χ3n) is 9.48. The van der Waals surface area contributed by atoms with Gasteiger partial charge in [-0.25, -0.2) is 0 Å². The Hall–Kier alpha value is -2.27. The van der Waals surface area contributed by atoms with Gasteiger partial charge in [0.1, 0.15) is 17.5 Å². The lowest BCUT2D eigenvalue weighted by molar-refractivity contribution is -0.137. The van der Waals surface area contributed by atoms with Crippen molar-refractivity contribution >= 4 is 18.0 Å². The monoisotopic (exact) mass is 450 g/mol. The van der Waals surface area contributed by atoms with E-state index in [1.54, 1.807) is 13.0 Å². The molecule has 8 unspecified atom stereocenters. The standard InChI is InChI=1S/C28H34O5/c1-16(18(3)30)12-24(32-15-29)17(2)19-7-9-21-20(13-19)8-10-23-22(21)14-26-28(33-26)11-5-6-25(31)27(23,28)4/h5-7,9,13,15-17,22-24,26H,8,10-12,14H2,1-4H3. The van der Waals surface area contributed by atoms with Crippen LogP contribution in [0.2, 0.25) is 0 Å². The van der Waals surface area contributed by atoms with Crippen molar-refractivity contribution in [2.75, 3.05) is 0 Å². The molecule has 5 rings (SSSR count). The third kappa shape index (κ3) is 3.26. The molecule has 1 aliphatic heterocycles. The number of allylic oxidation sites excluding steroid dienone is 1. The highest BCUT2D eigenvalue weighted by Gasteiger charge is 2.75. The summed E-state index contributed by atoms with van der Waals surface area (Å²) < 4.78 is 11.7. The third-order valence-corrected chi connectivity index (χ3v) is 9.48. The minimum Gasteiger partial charge on any atom is -0.464 e. The van der Waals surface area contributed by atoms with Crippen molar-refractivity contribution in [1.82, 2.24) is 0 Å². The van der Waals surface area contributed by atoms with Crippen LogP contribution in [0.4, 0.5) is 0 Å². The molecule has 0 radical (unpaired) electrons. The van der Waals surface area contributed by atoms with Crippen LogP contribution in [0, 0.1) is 17.3 Å². The Labute approximate surface area is 195 Å². The van der Waals surface area contributed by atoms with Gasteiger partial charge in [-0.05, 0) is 80.6 Å². The number of aryl methyl sites for hydroxylation is 1. The normalized spacial score (nSPS) is 36.4. The molecule has 1 heterocycles. The van der Waals surface area contributed by atoms with Crippen LogP contribution in [0.1, 0.15) is 81.9 Å². The van der Waals surface area contributed by atoms with E-state index in [2.05, 4.69) is 32.0 Å². The van der Waals surface area contributed by atoms with Crippen LogP contribution in [0.3, 0.4) is 0 Å². The lowest BCUT2D eigenvalue weighted by atomic mass is 9.49. The number of ether oxygens (including phenoxy) is 2. The van der Waals surface area contributed by atoms with Gasteiger partial charge in [0.2, 0.25) is 0 Å². The van der Waals surface area contributed by atoms with E-state index in [4.69, 9.17) is 9.47 Å². The van der Waals surface area contributed by atoms with Crippen molar-refractivity contribution < 1.29 is 23.9 Å². The molecular weight excluding hydrogens is 416 g/mol. The Bertz CT molecular complexity index is 1030. The van der Waals surface area contributed by atoms with Crippen molar-refractivity contribution in [3.05, 3.63) is 47.0 Å². The molecule has 1 spiro atoms. The number of ketones is 2. The van der Waals surface area contributed by atoms with Crippen LogP contribution in [0.25, 0.3) is 0 Å². The van der Waals surface area contributed by atoms with E-state index in [0.29, 0.717) is 24.7 Å². The van der Waals surface area contributed by atoms with Crippen LogP contribution in [-0.2, 0) is 30.3 Å². The molecule has 33 heavy (non-hydrogen) atoms. The summed E-state index contributed by atoms with van der Waals surface area (Å²) >= 11 is 0. The summed E-state index contributed by atoms with van der Waals surface area (Å²) in [5, 5.41) is 0. The summed E-state index contributed by atoms with van der Waals surface area (Å²) in [6.45, 7) is 8.17. The SMILES string of the molecule is CC(=O)C(C)CC(OC=O)C(C)c1ccc2c(c1)CCC1C2CC2OC23CC=CC(=O)C13C. The summed E-state index contributed by atoms with van der Waals surface area (Å²) in [5.41, 5.74) is 3.09. The zero-order valence-corrected chi connectivity index (χ0v) is 20.0. The van der Waals surface area contributed by atoms with Gasteiger partial charge in [0.15, 0.2) is 5.78 Å². The predicted octanol–water partition coefficient (Wildman–Crippen LogP) is 4.67. The Balaban J connectivity index is 1.42. The highest BCUT2D eigenvalue weighted by molar-refractivity contribution is 5.98. The molecule has 5 heteroatoms. The van der Waals surface area contributed by atoms with E-state index >= 15 is 0 Å². The molecule has 0 bridgehead atoms. The van der Waals surface area contributed by atoms with Gasteiger partial charge in [0, 0.05) is 11.8 Å². The molecule has 1 saturated carbocycles. The largest absolute Gasteiger partial charge is 0.464 e. The highest BCUT2D eigenvalue weighted by atomic mass is 16.6. The van der Waals surface area contributed by atoms with Gasteiger partial charge < -0.3 is 9.47 Å². The maximum Gasteiger partial charge on any atom is 0.293 e. The zero-order valence-electron chi connectivity index (χ0n) is 20.0. The molecule has 0 N–H and O–H groups in total. The Kier molecular flexibility index (Phi) is 5.39. The second-order valence-electron chi connectivity index (χ2n) is 10.9. The average Bonchev–Trinajstić information content (AvgIpc) is 3.51. The van der Waals surface area contributed by atoms with Crippen molar-refractivity contribution in [1.29, 1.82) is 0 Å². The quantitative estimate of drug-likeness (QED) is 0.446. The average molecular weight is 451 g/mol. The fourth-order valence-electron chi connectivity index (χ4n) is 7.13. The molecule has 176 valence electrons. The number of rotatable bonds is 7. The molecule has 0 amide bonds. The van der Waals surface area contributed by atoms with Crippen LogP contribution >= 0.6 is 0 Å². The summed E-state index contributed by atoms with van der Waals surface area (Å²) in [4.78, 5) is 36.0. The minimum absolute atomic E-state index is 0.00614. The highest BCUT2D eigenvalue weighted by Crippen LogP contribution is 2.69. The fourth-order valence-corrected chi connectivity index (χ4v) is 7.13. The van der Waals surface area contributed by atoms with E-state index in [0.717, 1.165) is 31.2 Å². The summed E-state index contributed by atoms with van der Waals surface area (Å²) in [7, 11) is 0. The van der Waals surface area contributed by atoms with Crippen LogP contribution < -0.4 is 0 Å². The molecule has 0 aromatic heterocycles. The molecule has 1 saturated heterocycles. The van der Waals surface area contributed by atoms with Gasteiger partial charge >= 0.3 is 0 Å². The number of carbonyl (C=O) groups excluding carboxylic acids is 3. The molecular formula is C28H34O5. The van der Waals surface area contributed by atoms with E-state index in [-0.39, 0.29) is 41.2 Å². The van der Waals surface area contributed by atoms with Crippen molar-refractivity contribution in [2.45, 2.75) is 89.4 Å². The van der Waals surface area contributed by atoms with Gasteiger partial charge in [-0.1, -0.05) is 38.1 Å². The number of hydrogen-bond donors (Lipinski definition) is 0. The second-order valence-corrected chi connectivity index (χ2v) is 10.9. The van der Waals surface area contributed by atoms with Crippen LogP contribution in [-0.4, -0.2) is 35.8 Å². The first-order chi connectivity index (χ1) is 15.7. The van der Waals surface area contributed by atoms with E-state index in [1.807, 2.05) is 13.0 Å². The van der Waals surface area contributed by atoms with Gasteiger partial charge in [-0.2, -0.15) is 0 Å². The summed E-state index contributed by atoms with van der Waals surface area (Å²) in [6, 6.07) is 6.63. The molecule has 8 atom stereocenters. The first-order valence-electron chi connectivity index (χ1n) is 12.3. The first-order valence-corrected chi connectivity index (χ1v) is 12.3. The first kappa shape index (κ1) is 22.5. The Morgan fingerprint density at radius 2 is 2.12 bits per heavy atom. The maximum atomic E-state index is 13.1. The van der Waals surface area contributed by atoms with Crippen molar-refractivity contribution in [3.8, 4) is 0 Å². The zero-order chi connectivity index (χ0) is 23.5. The number of epoxide rings is 1. The molecule has 5 nitrogen and oxygen atoms in total. The van der Waals surface area contributed by atoms with E-state index < -0.39 is 5.41 Å². The van der Waals surface area contributed by atoms with Gasteiger partial charge in [0.25, 0.3) is 6.47 Å². The number of benzene rings is 1. The number of fused-ring (bicyclic) bond motifs is 4. The molecule has 2 fully saturated rings. The van der Waals surface area contributed by atoms with E-state index in [1.165, 1.54) is 11.1 Å². The smallest absolute Gasteiger partial charge is 0.293 e. The summed E-state index contributed by atoms with van der Waals surface area (Å²) in [6.07, 6.45) is 7.89. The van der Waals surface area contributed by atoms with Crippen molar-refractivity contribution in [2.24, 2.45) is 17.3 Å². The number of carbonyl (C=O) groups is 3. The molecule has 4 aliphatic rings. The Morgan fingerprint density at radius 3 is 2.85 bits per heavy atom. The fraction of sp³-hybridized carbons (Fsp3) is 0.607. The van der Waals surface area contributed by atoms with Crippen LogP contribution in [0.5, 0.6) is 0 Å². The second kappa shape index (κ2) is 7.90. The lowest BCUT2D eigenvalue weighted by Crippen LogP contribution is -2.56. The number of Topliss-reactive ketones (excluding diaryl/α,β-unsaturated/α-hetero) is 1. The van der Waals surface area contributed by atoms with Gasteiger partial charge in [-0.15, -0.1) is 0 Å². The van der Waals surface area contributed by atoms with E-state index in [9.17, 15) is 14.4 Å². The van der Waals surface area contributed by atoms with Crippen LogP contribution in [0.15, 0.2) is 30.4 Å². The molecule has 1 aromatic rings. The Morgan fingerprint density at radius 1 is 1.33 bits per heavy atom. The van der Waals surface area contributed by atoms with Gasteiger partial charge in [-0.3, -0.25) is 14.4 Å². The van der Waals surface area contributed by atoms with Gasteiger partial charge in [0.05, 0.1) is 11.5 Å². The topological polar surface area (TPSA) is 73.0 Å². The predicted molar refractivity (Wildman–Crippen MR) is 124 cm³/mol.